The van der Waals surface area contributed by atoms with Gasteiger partial charge in [0.05, 0.1) is 20.8 Å². The number of benzene rings is 3. The summed E-state index contributed by atoms with van der Waals surface area (Å²) in [5.41, 5.74) is 2.74. The standard InChI is InChI=1S/C23H18FN3O3S2/c1-26-20-11-8-17(24)14-21(20)31-23(26)25-22(28)16-6-9-18(10-7-16)32(29,30)27-13-12-15-4-2-3-5-19(15)27/h2-11,14H,12-13H2,1H3. The van der Waals surface area contributed by atoms with Crippen LogP contribution in [0.5, 0.6) is 0 Å². The molecule has 1 amide bonds. The Morgan fingerprint density at radius 3 is 2.59 bits per heavy atom. The normalized spacial score (nSPS) is 14.2. The van der Waals surface area contributed by atoms with Crippen LogP contribution in [-0.4, -0.2) is 25.4 Å². The van der Waals surface area contributed by atoms with E-state index in [9.17, 15) is 17.6 Å². The summed E-state index contributed by atoms with van der Waals surface area (Å²) in [6.45, 7) is 0.390. The fourth-order valence-electron chi connectivity index (χ4n) is 3.82. The Bertz CT molecular complexity index is 1540. The Hall–Kier alpha value is -3.30. The number of thiazole rings is 1. The maximum absolute atomic E-state index is 13.5. The SMILES string of the molecule is Cn1c(=NC(=O)c2ccc(S(=O)(=O)N3CCc4ccccc43)cc2)sc2cc(F)ccc21. The van der Waals surface area contributed by atoms with E-state index in [4.69, 9.17) is 0 Å². The molecule has 1 aromatic heterocycles. The first kappa shape index (κ1) is 20.6. The van der Waals surface area contributed by atoms with E-state index in [1.54, 1.807) is 23.7 Å². The van der Waals surface area contributed by atoms with E-state index in [2.05, 4.69) is 4.99 Å². The van der Waals surface area contributed by atoms with Crippen molar-refractivity contribution in [3.63, 3.8) is 0 Å². The Labute approximate surface area is 187 Å². The summed E-state index contributed by atoms with van der Waals surface area (Å²) in [7, 11) is -1.97. The maximum Gasteiger partial charge on any atom is 0.279 e. The van der Waals surface area contributed by atoms with Crippen molar-refractivity contribution in [1.29, 1.82) is 0 Å². The van der Waals surface area contributed by atoms with E-state index >= 15 is 0 Å². The van der Waals surface area contributed by atoms with Crippen molar-refractivity contribution in [2.75, 3.05) is 10.8 Å². The fraction of sp³-hybridized carbons (Fsp3) is 0.130. The van der Waals surface area contributed by atoms with Crippen LogP contribution in [0.1, 0.15) is 15.9 Å². The van der Waals surface area contributed by atoms with Crippen LogP contribution in [-0.2, 0) is 23.5 Å². The number of halogens is 1. The predicted molar refractivity (Wildman–Crippen MR) is 122 cm³/mol. The topological polar surface area (TPSA) is 71.7 Å². The molecule has 0 bridgehead atoms. The molecule has 9 heteroatoms. The number of rotatable bonds is 3. The van der Waals surface area contributed by atoms with Crippen LogP contribution >= 0.6 is 11.3 Å². The van der Waals surface area contributed by atoms with E-state index in [0.29, 0.717) is 28.2 Å². The third-order valence-electron chi connectivity index (χ3n) is 5.50. The molecule has 0 N–H and O–H groups in total. The summed E-state index contributed by atoms with van der Waals surface area (Å²) in [5.74, 6) is -0.849. The van der Waals surface area contributed by atoms with Crippen molar-refractivity contribution in [3.8, 4) is 0 Å². The smallest absolute Gasteiger partial charge is 0.279 e. The number of carbonyl (C=O) groups excluding carboxylic acids is 1. The number of nitrogens with zero attached hydrogens (tertiary/aromatic N) is 3. The molecule has 0 saturated carbocycles. The van der Waals surface area contributed by atoms with Gasteiger partial charge in [-0.3, -0.25) is 9.10 Å². The molecule has 2 heterocycles. The summed E-state index contributed by atoms with van der Waals surface area (Å²) in [6.07, 6.45) is 0.668. The number of hydrogen-bond donors (Lipinski definition) is 0. The average molecular weight is 468 g/mol. The number of anilines is 1. The van der Waals surface area contributed by atoms with Crippen LogP contribution in [0.4, 0.5) is 10.1 Å². The first-order chi connectivity index (χ1) is 15.3. The molecule has 6 nitrogen and oxygen atoms in total. The number of amides is 1. The first-order valence-electron chi connectivity index (χ1n) is 9.89. The van der Waals surface area contributed by atoms with Crippen LogP contribution in [0.3, 0.4) is 0 Å². The number of para-hydroxylation sites is 1. The van der Waals surface area contributed by atoms with Crippen LogP contribution in [0.2, 0.25) is 0 Å². The van der Waals surface area contributed by atoms with Gasteiger partial charge in [-0.2, -0.15) is 4.99 Å². The predicted octanol–water partition coefficient (Wildman–Crippen LogP) is 3.87. The molecule has 162 valence electrons. The van der Waals surface area contributed by atoms with Gasteiger partial charge in [0.1, 0.15) is 5.82 Å². The van der Waals surface area contributed by atoms with Crippen LogP contribution in [0.25, 0.3) is 10.2 Å². The lowest BCUT2D eigenvalue weighted by Gasteiger charge is -2.19. The summed E-state index contributed by atoms with van der Waals surface area (Å²) in [6, 6.07) is 17.6. The minimum Gasteiger partial charge on any atom is -0.319 e. The van der Waals surface area contributed by atoms with Gasteiger partial charge in [0.25, 0.3) is 15.9 Å². The molecule has 5 rings (SSSR count). The monoisotopic (exact) mass is 467 g/mol. The quantitative estimate of drug-likeness (QED) is 0.459. The van der Waals surface area contributed by atoms with Crippen LogP contribution in [0.15, 0.2) is 76.6 Å². The van der Waals surface area contributed by atoms with E-state index in [1.165, 1.54) is 52.0 Å². The van der Waals surface area contributed by atoms with E-state index in [1.807, 2.05) is 18.2 Å². The Morgan fingerprint density at radius 1 is 1.06 bits per heavy atom. The van der Waals surface area contributed by atoms with Crippen molar-refractivity contribution in [1.82, 2.24) is 4.57 Å². The second kappa shape index (κ2) is 7.68. The van der Waals surface area contributed by atoms with Gasteiger partial charge >= 0.3 is 0 Å². The minimum atomic E-state index is -3.73. The Morgan fingerprint density at radius 2 is 1.81 bits per heavy atom. The van der Waals surface area contributed by atoms with Crippen molar-refractivity contribution in [2.45, 2.75) is 11.3 Å². The largest absolute Gasteiger partial charge is 0.319 e. The molecule has 0 fully saturated rings. The maximum atomic E-state index is 13.5. The lowest BCUT2D eigenvalue weighted by atomic mass is 10.2. The number of fused-ring (bicyclic) bond motifs is 2. The minimum absolute atomic E-state index is 0.119. The molecule has 1 aliphatic rings. The van der Waals surface area contributed by atoms with Gasteiger partial charge in [-0.25, -0.2) is 12.8 Å². The second-order valence-electron chi connectivity index (χ2n) is 7.45. The zero-order chi connectivity index (χ0) is 22.5. The summed E-state index contributed by atoms with van der Waals surface area (Å²) < 4.78 is 43.5. The molecular formula is C23H18FN3O3S2. The lowest BCUT2D eigenvalue weighted by Crippen LogP contribution is -2.29. The van der Waals surface area contributed by atoms with Gasteiger partial charge in [-0.15, -0.1) is 0 Å². The molecule has 0 saturated heterocycles. The van der Waals surface area contributed by atoms with E-state index < -0.39 is 15.9 Å². The van der Waals surface area contributed by atoms with Gasteiger partial charge in [-0.1, -0.05) is 29.5 Å². The number of carbonyl (C=O) groups is 1. The van der Waals surface area contributed by atoms with Gasteiger partial charge in [0.2, 0.25) is 0 Å². The molecule has 0 aliphatic carbocycles. The second-order valence-corrected chi connectivity index (χ2v) is 10.3. The number of sulfonamides is 1. The van der Waals surface area contributed by atoms with Crippen LogP contribution in [0, 0.1) is 5.82 Å². The number of aromatic nitrogens is 1. The molecule has 0 spiro atoms. The van der Waals surface area contributed by atoms with Crippen molar-refractivity contribution in [2.24, 2.45) is 12.0 Å². The van der Waals surface area contributed by atoms with E-state index in [0.717, 1.165) is 11.1 Å². The van der Waals surface area contributed by atoms with Gasteiger partial charge < -0.3 is 4.57 Å². The number of aryl methyl sites for hydroxylation is 1. The molecule has 32 heavy (non-hydrogen) atoms. The van der Waals surface area contributed by atoms with Crippen LogP contribution < -0.4 is 9.11 Å². The van der Waals surface area contributed by atoms with Gasteiger partial charge in [0, 0.05) is 19.2 Å². The third kappa shape index (κ3) is 3.43. The number of hydrogen-bond acceptors (Lipinski definition) is 4. The third-order valence-corrected chi connectivity index (χ3v) is 8.42. The Balaban J connectivity index is 1.45. The molecule has 0 radical (unpaired) electrons. The lowest BCUT2D eigenvalue weighted by molar-refractivity contribution is 0.0998. The zero-order valence-electron chi connectivity index (χ0n) is 17.0. The van der Waals surface area contributed by atoms with Crippen molar-refractivity contribution >= 4 is 43.2 Å². The summed E-state index contributed by atoms with van der Waals surface area (Å²) in [4.78, 5) is 17.4. The van der Waals surface area contributed by atoms with Crippen molar-refractivity contribution in [3.05, 3.63) is 88.5 Å². The highest BCUT2D eigenvalue weighted by Crippen LogP contribution is 2.32. The molecular weight excluding hydrogens is 449 g/mol. The molecule has 3 aromatic carbocycles. The molecule has 0 unspecified atom stereocenters. The van der Waals surface area contributed by atoms with Gasteiger partial charge in [-0.05, 0) is 60.5 Å². The van der Waals surface area contributed by atoms with Gasteiger partial charge in [0.15, 0.2) is 4.80 Å². The molecule has 0 atom stereocenters. The molecule has 4 aromatic rings. The molecule has 1 aliphatic heterocycles. The summed E-state index contributed by atoms with van der Waals surface area (Å²) in [5, 5.41) is 0. The first-order valence-corrected chi connectivity index (χ1v) is 12.1. The Kier molecular flexibility index (Phi) is 4.94. The fourth-order valence-corrected chi connectivity index (χ4v) is 6.37. The summed E-state index contributed by atoms with van der Waals surface area (Å²) >= 11 is 1.21. The average Bonchev–Trinajstić information content (AvgIpc) is 3.35. The van der Waals surface area contributed by atoms with Crippen molar-refractivity contribution < 1.29 is 17.6 Å². The van der Waals surface area contributed by atoms with E-state index in [-0.39, 0.29) is 16.3 Å². The highest BCUT2D eigenvalue weighted by atomic mass is 32.2. The highest BCUT2D eigenvalue weighted by Gasteiger charge is 2.30. The highest BCUT2D eigenvalue weighted by molar-refractivity contribution is 7.92. The zero-order valence-corrected chi connectivity index (χ0v) is 18.7.